The molecule has 0 amide bonds. The van der Waals surface area contributed by atoms with Gasteiger partial charge in [0, 0.05) is 23.2 Å². The number of pyridine rings is 1. The Balaban J connectivity index is 2.42. The molecule has 1 unspecified atom stereocenters. The minimum absolute atomic E-state index is 0.0427. The van der Waals surface area contributed by atoms with Crippen LogP contribution in [0.5, 0.6) is 0 Å². The zero-order chi connectivity index (χ0) is 13.3. The van der Waals surface area contributed by atoms with Crippen LogP contribution in [-0.2, 0) is 0 Å². The highest BCUT2D eigenvalue weighted by Gasteiger charge is 2.29. The molecule has 1 aromatic carbocycles. The second kappa shape index (κ2) is 4.67. The molecule has 0 fully saturated rings. The SMILES string of the molecule is CN(C)C(C)(C)C(N)c1ccc2cccnc2c1. The summed E-state index contributed by atoms with van der Waals surface area (Å²) in [6.45, 7) is 4.31. The summed E-state index contributed by atoms with van der Waals surface area (Å²) >= 11 is 0. The van der Waals surface area contributed by atoms with Gasteiger partial charge in [0.25, 0.3) is 0 Å². The van der Waals surface area contributed by atoms with E-state index >= 15 is 0 Å². The number of nitrogens with two attached hydrogens (primary N) is 1. The van der Waals surface area contributed by atoms with Crippen molar-refractivity contribution < 1.29 is 0 Å². The van der Waals surface area contributed by atoms with Crippen LogP contribution >= 0.6 is 0 Å². The maximum Gasteiger partial charge on any atom is 0.0705 e. The van der Waals surface area contributed by atoms with E-state index in [1.54, 1.807) is 0 Å². The van der Waals surface area contributed by atoms with E-state index < -0.39 is 0 Å². The van der Waals surface area contributed by atoms with Crippen molar-refractivity contribution in [3.8, 4) is 0 Å². The lowest BCUT2D eigenvalue weighted by Crippen LogP contribution is -2.47. The van der Waals surface area contributed by atoms with Crippen LogP contribution in [0.15, 0.2) is 36.5 Å². The fourth-order valence-corrected chi connectivity index (χ4v) is 1.96. The summed E-state index contributed by atoms with van der Waals surface area (Å²) < 4.78 is 0. The third-order valence-corrected chi connectivity index (χ3v) is 3.90. The fourth-order valence-electron chi connectivity index (χ4n) is 1.96. The Hall–Kier alpha value is -1.45. The first kappa shape index (κ1) is 13.0. The summed E-state index contributed by atoms with van der Waals surface area (Å²) in [7, 11) is 4.11. The average molecular weight is 243 g/mol. The van der Waals surface area contributed by atoms with E-state index in [0.717, 1.165) is 16.5 Å². The van der Waals surface area contributed by atoms with Gasteiger partial charge in [0.1, 0.15) is 0 Å². The fraction of sp³-hybridized carbons (Fsp3) is 0.400. The van der Waals surface area contributed by atoms with Crippen LogP contribution in [0.2, 0.25) is 0 Å². The zero-order valence-electron chi connectivity index (χ0n) is 11.5. The molecule has 0 aliphatic heterocycles. The lowest BCUT2D eigenvalue weighted by molar-refractivity contribution is 0.159. The molecule has 2 rings (SSSR count). The molecule has 3 nitrogen and oxygen atoms in total. The van der Waals surface area contributed by atoms with Crippen LogP contribution in [0.1, 0.15) is 25.5 Å². The highest BCUT2D eigenvalue weighted by molar-refractivity contribution is 5.79. The molecule has 18 heavy (non-hydrogen) atoms. The Bertz CT molecular complexity index is 546. The summed E-state index contributed by atoms with van der Waals surface area (Å²) in [5.74, 6) is 0. The number of hydrogen-bond acceptors (Lipinski definition) is 3. The molecule has 0 aliphatic carbocycles. The predicted molar refractivity (Wildman–Crippen MR) is 76.4 cm³/mol. The highest BCUT2D eigenvalue weighted by Crippen LogP contribution is 2.28. The van der Waals surface area contributed by atoms with Crippen molar-refractivity contribution in [3.63, 3.8) is 0 Å². The maximum atomic E-state index is 6.40. The lowest BCUT2D eigenvalue weighted by atomic mass is 9.88. The smallest absolute Gasteiger partial charge is 0.0705 e. The number of nitrogens with zero attached hydrogens (tertiary/aromatic N) is 2. The molecule has 2 N–H and O–H groups in total. The van der Waals surface area contributed by atoms with Gasteiger partial charge in [0.05, 0.1) is 5.52 Å². The summed E-state index contributed by atoms with van der Waals surface area (Å²) in [5.41, 5.74) is 8.43. The normalized spacial score (nSPS) is 14.1. The molecule has 96 valence electrons. The molecular formula is C15H21N3. The minimum atomic E-state index is -0.0948. The van der Waals surface area contributed by atoms with Crippen molar-refractivity contribution >= 4 is 10.9 Å². The second-order valence-electron chi connectivity index (χ2n) is 5.48. The number of fused-ring (bicyclic) bond motifs is 1. The largest absolute Gasteiger partial charge is 0.322 e. The molecule has 0 radical (unpaired) electrons. The average Bonchev–Trinajstić information content (AvgIpc) is 2.37. The molecule has 1 heterocycles. The first-order chi connectivity index (χ1) is 8.43. The van der Waals surface area contributed by atoms with Gasteiger partial charge >= 0.3 is 0 Å². The lowest BCUT2D eigenvalue weighted by Gasteiger charge is -2.38. The van der Waals surface area contributed by atoms with Crippen LogP contribution in [0.4, 0.5) is 0 Å². The van der Waals surface area contributed by atoms with Gasteiger partial charge in [-0.15, -0.1) is 0 Å². The van der Waals surface area contributed by atoms with Gasteiger partial charge in [-0.2, -0.15) is 0 Å². The van der Waals surface area contributed by atoms with Crippen molar-refractivity contribution in [3.05, 3.63) is 42.1 Å². The molecule has 0 saturated carbocycles. The van der Waals surface area contributed by atoms with Crippen LogP contribution in [0.25, 0.3) is 10.9 Å². The Morgan fingerprint density at radius 2 is 1.94 bits per heavy atom. The molecule has 3 heteroatoms. The number of aromatic nitrogens is 1. The number of hydrogen-bond donors (Lipinski definition) is 1. The summed E-state index contributed by atoms with van der Waals surface area (Å²) in [5, 5.41) is 1.15. The van der Waals surface area contributed by atoms with Gasteiger partial charge in [0.2, 0.25) is 0 Å². The molecule has 2 aromatic rings. The van der Waals surface area contributed by atoms with Gasteiger partial charge in [-0.25, -0.2) is 0 Å². The number of benzene rings is 1. The van der Waals surface area contributed by atoms with Crippen molar-refractivity contribution in [1.29, 1.82) is 0 Å². The van der Waals surface area contributed by atoms with Gasteiger partial charge in [0.15, 0.2) is 0 Å². The molecule has 0 bridgehead atoms. The van der Waals surface area contributed by atoms with Gasteiger partial charge in [-0.3, -0.25) is 4.98 Å². The standard InChI is InChI=1S/C15H21N3/c1-15(2,18(3)4)14(16)12-8-7-11-6-5-9-17-13(11)10-12/h5-10,14H,16H2,1-4H3. The van der Waals surface area contributed by atoms with Crippen molar-refractivity contribution in [1.82, 2.24) is 9.88 Å². The quantitative estimate of drug-likeness (QED) is 0.901. The second-order valence-corrected chi connectivity index (χ2v) is 5.48. The van der Waals surface area contributed by atoms with E-state index in [9.17, 15) is 0 Å². The van der Waals surface area contributed by atoms with Crippen LogP contribution in [-0.4, -0.2) is 29.5 Å². The van der Waals surface area contributed by atoms with E-state index in [1.807, 2.05) is 12.3 Å². The third kappa shape index (κ3) is 2.24. The molecular weight excluding hydrogens is 222 g/mol. The minimum Gasteiger partial charge on any atom is -0.322 e. The predicted octanol–water partition coefficient (Wildman–Crippen LogP) is 2.57. The molecule has 1 aromatic heterocycles. The van der Waals surface area contributed by atoms with Crippen molar-refractivity contribution in [2.45, 2.75) is 25.4 Å². The topological polar surface area (TPSA) is 42.1 Å². The summed E-state index contributed by atoms with van der Waals surface area (Å²) in [4.78, 5) is 6.54. The van der Waals surface area contributed by atoms with Crippen molar-refractivity contribution in [2.24, 2.45) is 5.73 Å². The Kier molecular flexibility index (Phi) is 3.37. The highest BCUT2D eigenvalue weighted by atomic mass is 15.2. The number of likely N-dealkylation sites (N-methyl/N-ethyl adjacent to an activating group) is 1. The summed E-state index contributed by atoms with van der Waals surface area (Å²) in [6.07, 6.45) is 1.81. The third-order valence-electron chi connectivity index (χ3n) is 3.90. The van der Waals surface area contributed by atoms with E-state index in [2.05, 4.69) is 62.1 Å². The maximum absolute atomic E-state index is 6.40. The van der Waals surface area contributed by atoms with Gasteiger partial charge in [-0.05, 0) is 45.6 Å². The van der Waals surface area contributed by atoms with Gasteiger partial charge < -0.3 is 10.6 Å². The van der Waals surface area contributed by atoms with E-state index in [-0.39, 0.29) is 11.6 Å². The van der Waals surface area contributed by atoms with Gasteiger partial charge in [-0.1, -0.05) is 18.2 Å². The molecule has 1 atom stereocenters. The Morgan fingerprint density at radius 1 is 1.22 bits per heavy atom. The Labute approximate surface area is 109 Å². The molecule has 0 aliphatic rings. The summed E-state index contributed by atoms with van der Waals surface area (Å²) in [6, 6.07) is 10.2. The molecule has 0 saturated heterocycles. The van der Waals surface area contributed by atoms with Crippen LogP contribution in [0, 0.1) is 0 Å². The first-order valence-electron chi connectivity index (χ1n) is 6.20. The van der Waals surface area contributed by atoms with E-state index in [4.69, 9.17) is 5.73 Å². The van der Waals surface area contributed by atoms with Crippen LogP contribution < -0.4 is 5.73 Å². The molecule has 0 spiro atoms. The van der Waals surface area contributed by atoms with E-state index in [1.165, 1.54) is 0 Å². The first-order valence-corrected chi connectivity index (χ1v) is 6.20. The number of rotatable bonds is 3. The Morgan fingerprint density at radius 3 is 2.61 bits per heavy atom. The van der Waals surface area contributed by atoms with Crippen molar-refractivity contribution in [2.75, 3.05) is 14.1 Å². The zero-order valence-corrected chi connectivity index (χ0v) is 11.5. The monoisotopic (exact) mass is 243 g/mol. The van der Waals surface area contributed by atoms with Crippen LogP contribution in [0.3, 0.4) is 0 Å². The van der Waals surface area contributed by atoms with E-state index in [0.29, 0.717) is 0 Å².